The van der Waals surface area contributed by atoms with E-state index in [1.807, 2.05) is 0 Å². The van der Waals surface area contributed by atoms with Crippen LogP contribution in [0, 0.1) is 0 Å². The lowest BCUT2D eigenvalue weighted by Gasteiger charge is -2.08. The lowest BCUT2D eigenvalue weighted by Crippen LogP contribution is -2.14. The Morgan fingerprint density at radius 3 is 2.57 bits per heavy atom. The number of benzene rings is 2. The fourth-order valence-corrected chi connectivity index (χ4v) is 2.13. The minimum atomic E-state index is -0.224. The van der Waals surface area contributed by atoms with E-state index in [0.29, 0.717) is 21.5 Å². The van der Waals surface area contributed by atoms with Crippen LogP contribution in [0.15, 0.2) is 36.4 Å². The number of methoxy groups -OCH3 is 1. The molecule has 6 heteroatoms. The lowest BCUT2D eigenvalue weighted by molar-refractivity contribution is -0.115. The molecule has 0 fully saturated rings. The van der Waals surface area contributed by atoms with Crippen molar-refractivity contribution in [1.29, 1.82) is 0 Å². The maximum atomic E-state index is 11.9. The van der Waals surface area contributed by atoms with E-state index in [2.05, 4.69) is 5.32 Å². The van der Waals surface area contributed by atoms with E-state index >= 15 is 0 Å². The second-order valence-electron chi connectivity index (χ2n) is 4.36. The number of nitrogens with one attached hydrogen (secondary N) is 1. The van der Waals surface area contributed by atoms with Gasteiger partial charge in [0.05, 0.1) is 23.6 Å². The molecule has 0 spiro atoms. The van der Waals surface area contributed by atoms with E-state index in [0.717, 1.165) is 5.56 Å². The van der Waals surface area contributed by atoms with Gasteiger partial charge in [-0.3, -0.25) is 4.79 Å². The minimum absolute atomic E-state index is 0.0372. The third kappa shape index (κ3) is 4.03. The largest absolute Gasteiger partial charge is 0.504 e. The Labute approximate surface area is 132 Å². The summed E-state index contributed by atoms with van der Waals surface area (Å²) in [6, 6.07) is 9.67. The number of aromatic hydroxyl groups is 1. The average molecular weight is 326 g/mol. The van der Waals surface area contributed by atoms with Gasteiger partial charge in [0.25, 0.3) is 0 Å². The number of hydrogen-bond donors (Lipinski definition) is 2. The molecule has 0 bridgehead atoms. The van der Waals surface area contributed by atoms with Gasteiger partial charge in [-0.05, 0) is 29.8 Å². The highest BCUT2D eigenvalue weighted by atomic mass is 35.5. The number of hydrogen-bond acceptors (Lipinski definition) is 3. The van der Waals surface area contributed by atoms with Crippen molar-refractivity contribution in [3.63, 3.8) is 0 Å². The first-order valence-corrected chi connectivity index (χ1v) is 6.86. The highest BCUT2D eigenvalue weighted by molar-refractivity contribution is 6.42. The number of phenolic OH excluding ortho intramolecular Hbond substituents is 1. The summed E-state index contributed by atoms with van der Waals surface area (Å²) in [4.78, 5) is 11.9. The monoisotopic (exact) mass is 325 g/mol. The highest BCUT2D eigenvalue weighted by Gasteiger charge is 2.08. The molecule has 2 aromatic rings. The molecule has 2 N–H and O–H groups in total. The lowest BCUT2D eigenvalue weighted by atomic mass is 10.1. The number of carbonyl (C=O) groups is 1. The van der Waals surface area contributed by atoms with Crippen LogP contribution in [0.25, 0.3) is 0 Å². The number of amides is 1. The Morgan fingerprint density at radius 2 is 1.95 bits per heavy atom. The summed E-state index contributed by atoms with van der Waals surface area (Å²) in [7, 11) is 1.46. The summed E-state index contributed by atoms with van der Waals surface area (Å²) < 4.78 is 4.94. The second kappa shape index (κ2) is 6.70. The highest BCUT2D eigenvalue weighted by Crippen LogP contribution is 2.28. The maximum Gasteiger partial charge on any atom is 0.228 e. The Kier molecular flexibility index (Phi) is 4.94. The number of phenols is 1. The van der Waals surface area contributed by atoms with Gasteiger partial charge in [0, 0.05) is 11.8 Å². The molecular formula is C15H13Cl2NO3. The fourth-order valence-electron chi connectivity index (χ4n) is 1.81. The summed E-state index contributed by atoms with van der Waals surface area (Å²) in [6.07, 6.45) is 0.156. The summed E-state index contributed by atoms with van der Waals surface area (Å²) in [5.74, 6) is 0.0836. The van der Waals surface area contributed by atoms with Crippen molar-refractivity contribution in [1.82, 2.24) is 0 Å². The minimum Gasteiger partial charge on any atom is -0.504 e. The smallest absolute Gasteiger partial charge is 0.228 e. The van der Waals surface area contributed by atoms with E-state index in [-0.39, 0.29) is 18.1 Å². The third-order valence-corrected chi connectivity index (χ3v) is 3.55. The van der Waals surface area contributed by atoms with Crippen LogP contribution < -0.4 is 10.1 Å². The molecule has 21 heavy (non-hydrogen) atoms. The molecule has 2 aromatic carbocycles. The van der Waals surface area contributed by atoms with Gasteiger partial charge < -0.3 is 15.2 Å². The molecule has 0 aliphatic carbocycles. The van der Waals surface area contributed by atoms with Crippen LogP contribution in [-0.2, 0) is 11.2 Å². The molecule has 1 amide bonds. The molecule has 0 atom stereocenters. The Hall–Kier alpha value is -1.91. The standard InChI is InChI=1S/C15H13Cl2NO3/c1-21-14-5-3-10(8-13(14)19)18-15(20)7-9-2-4-11(16)12(17)6-9/h2-6,8,19H,7H2,1H3,(H,18,20). The van der Waals surface area contributed by atoms with Crippen LogP contribution in [0.5, 0.6) is 11.5 Å². The van der Waals surface area contributed by atoms with Gasteiger partial charge in [0.15, 0.2) is 11.5 Å². The Balaban J connectivity index is 2.04. The number of halogens is 2. The number of carbonyl (C=O) groups excluding carboxylic acids is 1. The van der Waals surface area contributed by atoms with Gasteiger partial charge in [0.1, 0.15) is 0 Å². The van der Waals surface area contributed by atoms with Gasteiger partial charge in [-0.1, -0.05) is 29.3 Å². The van der Waals surface area contributed by atoms with Crippen molar-refractivity contribution in [2.45, 2.75) is 6.42 Å². The molecule has 0 radical (unpaired) electrons. The van der Waals surface area contributed by atoms with Gasteiger partial charge in [-0.2, -0.15) is 0 Å². The van der Waals surface area contributed by atoms with Crippen molar-refractivity contribution in [2.75, 3.05) is 12.4 Å². The summed E-state index contributed by atoms with van der Waals surface area (Å²) >= 11 is 11.7. The van der Waals surface area contributed by atoms with Crippen LogP contribution in [0.3, 0.4) is 0 Å². The van der Waals surface area contributed by atoms with Crippen molar-refractivity contribution in [3.8, 4) is 11.5 Å². The number of rotatable bonds is 4. The topological polar surface area (TPSA) is 58.6 Å². The van der Waals surface area contributed by atoms with E-state index < -0.39 is 0 Å². The zero-order valence-corrected chi connectivity index (χ0v) is 12.7. The predicted octanol–water partition coefficient (Wildman–Crippen LogP) is 3.89. The number of anilines is 1. The predicted molar refractivity (Wildman–Crippen MR) is 83.5 cm³/mol. The fraction of sp³-hybridized carbons (Fsp3) is 0.133. The Bertz CT molecular complexity index is 674. The SMILES string of the molecule is COc1ccc(NC(=O)Cc2ccc(Cl)c(Cl)c2)cc1O. The van der Waals surface area contributed by atoms with Crippen molar-refractivity contribution in [2.24, 2.45) is 0 Å². The van der Waals surface area contributed by atoms with Crippen LogP contribution >= 0.6 is 23.2 Å². The average Bonchev–Trinajstić information content (AvgIpc) is 2.43. The zero-order chi connectivity index (χ0) is 15.4. The van der Waals surface area contributed by atoms with E-state index in [4.69, 9.17) is 27.9 Å². The molecule has 110 valence electrons. The quantitative estimate of drug-likeness (QED) is 0.896. The first-order valence-electron chi connectivity index (χ1n) is 6.10. The number of ether oxygens (including phenoxy) is 1. The van der Waals surface area contributed by atoms with Crippen LogP contribution in [0.1, 0.15) is 5.56 Å². The normalized spacial score (nSPS) is 10.2. The Morgan fingerprint density at radius 1 is 1.19 bits per heavy atom. The van der Waals surface area contributed by atoms with Crippen molar-refractivity contribution >= 4 is 34.8 Å². The van der Waals surface area contributed by atoms with E-state index in [1.54, 1.807) is 30.3 Å². The van der Waals surface area contributed by atoms with E-state index in [9.17, 15) is 9.90 Å². The van der Waals surface area contributed by atoms with Crippen molar-refractivity contribution in [3.05, 3.63) is 52.0 Å². The summed E-state index contributed by atoms with van der Waals surface area (Å²) in [5.41, 5.74) is 1.23. The van der Waals surface area contributed by atoms with Crippen molar-refractivity contribution < 1.29 is 14.6 Å². The molecule has 0 aliphatic rings. The third-order valence-electron chi connectivity index (χ3n) is 2.81. The first-order chi connectivity index (χ1) is 9.99. The van der Waals surface area contributed by atoms with Gasteiger partial charge in [-0.25, -0.2) is 0 Å². The molecule has 0 aliphatic heterocycles. The van der Waals surface area contributed by atoms with Gasteiger partial charge in [-0.15, -0.1) is 0 Å². The summed E-state index contributed by atoms with van der Waals surface area (Å²) in [5, 5.41) is 13.2. The maximum absolute atomic E-state index is 11.9. The molecule has 0 aromatic heterocycles. The molecule has 0 unspecified atom stereocenters. The van der Waals surface area contributed by atoms with Crippen LogP contribution in [-0.4, -0.2) is 18.1 Å². The van der Waals surface area contributed by atoms with Crippen LogP contribution in [0.4, 0.5) is 5.69 Å². The van der Waals surface area contributed by atoms with Gasteiger partial charge >= 0.3 is 0 Å². The molecule has 4 nitrogen and oxygen atoms in total. The zero-order valence-electron chi connectivity index (χ0n) is 11.2. The summed E-state index contributed by atoms with van der Waals surface area (Å²) in [6.45, 7) is 0. The molecule has 0 heterocycles. The first kappa shape index (κ1) is 15.5. The molecule has 0 saturated heterocycles. The molecule has 0 saturated carbocycles. The van der Waals surface area contributed by atoms with E-state index in [1.165, 1.54) is 13.2 Å². The molecule has 2 rings (SSSR count). The molecular weight excluding hydrogens is 313 g/mol. The van der Waals surface area contributed by atoms with Crippen LogP contribution in [0.2, 0.25) is 10.0 Å². The van der Waals surface area contributed by atoms with Gasteiger partial charge in [0.2, 0.25) is 5.91 Å². The second-order valence-corrected chi connectivity index (χ2v) is 5.17.